The number of nitrogens with zero attached hydrogens (tertiary/aromatic N) is 2. The highest BCUT2D eigenvalue weighted by Crippen LogP contribution is 2.29. The molecule has 1 aromatic carbocycles. The van der Waals surface area contributed by atoms with Crippen LogP contribution >= 0.6 is 0 Å². The molecule has 84 valence electrons. The number of aryl methyl sites for hydroxylation is 1. The summed E-state index contributed by atoms with van der Waals surface area (Å²) in [6, 6.07) is 12.0. The summed E-state index contributed by atoms with van der Waals surface area (Å²) in [6.07, 6.45) is 0. The third kappa shape index (κ3) is 1.63. The third-order valence-corrected chi connectivity index (χ3v) is 2.68. The number of benzene rings is 1. The molecule has 0 atom stereocenters. The number of aromatic amines is 1. The Hall–Kier alpha value is -2.36. The van der Waals surface area contributed by atoms with Gasteiger partial charge < -0.3 is 10.7 Å². The first-order valence-corrected chi connectivity index (χ1v) is 5.42. The molecule has 2 heterocycles. The van der Waals surface area contributed by atoms with Crippen molar-refractivity contribution in [1.29, 1.82) is 0 Å². The number of nitrogens with one attached hydrogen (secondary N) is 1. The van der Waals surface area contributed by atoms with Crippen LogP contribution in [0.1, 0.15) is 5.82 Å². The molecule has 0 amide bonds. The highest BCUT2D eigenvalue weighted by molar-refractivity contribution is 5.76. The summed E-state index contributed by atoms with van der Waals surface area (Å²) in [4.78, 5) is 11.8. The van der Waals surface area contributed by atoms with Crippen LogP contribution in [0.15, 0.2) is 36.4 Å². The van der Waals surface area contributed by atoms with E-state index in [9.17, 15) is 0 Å². The number of aromatic nitrogens is 3. The van der Waals surface area contributed by atoms with Gasteiger partial charge in [-0.15, -0.1) is 0 Å². The highest BCUT2D eigenvalue weighted by atomic mass is 15.0. The number of H-pyrrole nitrogens is 1. The third-order valence-electron chi connectivity index (χ3n) is 2.68. The first kappa shape index (κ1) is 9.84. The fraction of sp³-hybridized carbons (Fsp3) is 0.0769. The number of rotatable bonds is 1. The Kier molecular flexibility index (Phi) is 2.08. The Labute approximate surface area is 98.9 Å². The van der Waals surface area contributed by atoms with Gasteiger partial charge in [-0.2, -0.15) is 0 Å². The summed E-state index contributed by atoms with van der Waals surface area (Å²) >= 11 is 0. The summed E-state index contributed by atoms with van der Waals surface area (Å²) in [5.41, 5.74) is 9.50. The van der Waals surface area contributed by atoms with Gasteiger partial charge in [0, 0.05) is 5.56 Å². The van der Waals surface area contributed by atoms with Crippen LogP contribution < -0.4 is 5.73 Å². The molecule has 4 nitrogen and oxygen atoms in total. The minimum atomic E-state index is 0.471. The summed E-state index contributed by atoms with van der Waals surface area (Å²) < 4.78 is 0. The molecule has 0 bridgehead atoms. The second kappa shape index (κ2) is 3.59. The average Bonchev–Trinajstić information content (AvgIpc) is 2.74. The van der Waals surface area contributed by atoms with E-state index in [1.165, 1.54) is 0 Å². The number of nitrogens with two attached hydrogens (primary N) is 1. The van der Waals surface area contributed by atoms with Gasteiger partial charge in [0.15, 0.2) is 5.82 Å². The van der Waals surface area contributed by atoms with Crippen molar-refractivity contribution in [2.45, 2.75) is 6.92 Å². The quantitative estimate of drug-likeness (QED) is 0.667. The molecule has 0 saturated carbocycles. The van der Waals surface area contributed by atoms with Crippen LogP contribution in [0.3, 0.4) is 0 Å². The van der Waals surface area contributed by atoms with E-state index in [1.54, 1.807) is 0 Å². The Morgan fingerprint density at radius 2 is 1.88 bits per heavy atom. The molecule has 0 unspecified atom stereocenters. The van der Waals surface area contributed by atoms with Crippen LogP contribution in [0, 0.1) is 6.92 Å². The SMILES string of the molecule is Cc1nc(N)c2nc(-c3ccccc3)cc-2[nH]1. The van der Waals surface area contributed by atoms with E-state index in [4.69, 9.17) is 5.73 Å². The summed E-state index contributed by atoms with van der Waals surface area (Å²) in [5, 5.41) is 0. The molecule has 0 spiro atoms. The number of fused-ring (bicyclic) bond motifs is 1. The zero-order valence-corrected chi connectivity index (χ0v) is 9.44. The van der Waals surface area contributed by atoms with Gasteiger partial charge in [-0.05, 0) is 13.0 Å². The molecule has 0 radical (unpaired) electrons. The molecule has 3 N–H and O–H groups in total. The Morgan fingerprint density at radius 3 is 2.65 bits per heavy atom. The van der Waals surface area contributed by atoms with E-state index in [0.29, 0.717) is 5.82 Å². The van der Waals surface area contributed by atoms with Crippen molar-refractivity contribution in [3.8, 4) is 22.6 Å². The minimum absolute atomic E-state index is 0.471. The number of hydrogen-bond donors (Lipinski definition) is 2. The fourth-order valence-electron chi connectivity index (χ4n) is 1.92. The van der Waals surface area contributed by atoms with Crippen molar-refractivity contribution in [3.63, 3.8) is 0 Å². The van der Waals surface area contributed by atoms with E-state index < -0.39 is 0 Å². The lowest BCUT2D eigenvalue weighted by Gasteiger charge is -2.02. The van der Waals surface area contributed by atoms with Crippen LogP contribution in [-0.2, 0) is 0 Å². The Balaban J connectivity index is 2.21. The number of hydrogen-bond acceptors (Lipinski definition) is 3. The number of nitrogen functional groups attached to an aromatic ring is 1. The van der Waals surface area contributed by atoms with Crippen LogP contribution in [-0.4, -0.2) is 15.0 Å². The second-order valence-corrected chi connectivity index (χ2v) is 3.98. The lowest BCUT2D eigenvalue weighted by atomic mass is 10.1. The highest BCUT2D eigenvalue weighted by Gasteiger charge is 2.14. The zero-order valence-electron chi connectivity index (χ0n) is 9.44. The topological polar surface area (TPSA) is 67.6 Å². The minimum Gasteiger partial charge on any atom is -0.382 e. The Morgan fingerprint density at radius 1 is 1.12 bits per heavy atom. The molecule has 0 saturated heterocycles. The first-order valence-electron chi connectivity index (χ1n) is 5.42. The predicted octanol–water partition coefficient (Wildman–Crippen LogP) is 2.47. The fourth-order valence-corrected chi connectivity index (χ4v) is 1.92. The molecular formula is C13H12N4. The Bertz CT molecular complexity index is 627. The van der Waals surface area contributed by atoms with Crippen LogP contribution in [0.5, 0.6) is 0 Å². The van der Waals surface area contributed by atoms with Crippen LogP contribution in [0.25, 0.3) is 22.6 Å². The average molecular weight is 224 g/mol. The van der Waals surface area contributed by atoms with Crippen LogP contribution in [0.2, 0.25) is 0 Å². The van der Waals surface area contributed by atoms with Crippen LogP contribution in [0.4, 0.5) is 5.82 Å². The lowest BCUT2D eigenvalue weighted by molar-refractivity contribution is 1.06. The van der Waals surface area contributed by atoms with Gasteiger partial charge >= 0.3 is 0 Å². The van der Waals surface area contributed by atoms with E-state index in [1.807, 2.05) is 43.3 Å². The maximum absolute atomic E-state index is 5.85. The van der Waals surface area contributed by atoms with Crippen molar-refractivity contribution < 1.29 is 0 Å². The molecule has 2 aliphatic rings. The van der Waals surface area contributed by atoms with Gasteiger partial charge in [-0.25, -0.2) is 9.97 Å². The molecule has 2 aliphatic heterocycles. The number of anilines is 1. The molecule has 0 aliphatic carbocycles. The van der Waals surface area contributed by atoms with E-state index in [-0.39, 0.29) is 0 Å². The molecule has 3 rings (SSSR count). The standard InChI is InChI=1S/C13H12N4/c1-8-15-11-7-10(9-5-3-2-4-6-9)17-12(11)13(14)16-8/h2-7H,14H2,1H3,(H,15,16). The maximum Gasteiger partial charge on any atom is 0.153 e. The van der Waals surface area contributed by atoms with Crippen molar-refractivity contribution in [1.82, 2.24) is 15.0 Å². The van der Waals surface area contributed by atoms with Crippen molar-refractivity contribution in [2.75, 3.05) is 5.73 Å². The largest absolute Gasteiger partial charge is 0.382 e. The molecule has 4 heteroatoms. The van der Waals surface area contributed by atoms with Gasteiger partial charge in [0.05, 0.1) is 11.4 Å². The lowest BCUT2D eigenvalue weighted by Crippen LogP contribution is -1.99. The van der Waals surface area contributed by atoms with E-state index in [0.717, 1.165) is 28.5 Å². The van der Waals surface area contributed by atoms with Gasteiger partial charge in [-0.1, -0.05) is 30.3 Å². The zero-order chi connectivity index (χ0) is 11.8. The van der Waals surface area contributed by atoms with Crippen molar-refractivity contribution in [2.24, 2.45) is 0 Å². The molecular weight excluding hydrogens is 212 g/mol. The van der Waals surface area contributed by atoms with Gasteiger partial charge in [0.2, 0.25) is 0 Å². The van der Waals surface area contributed by atoms with Gasteiger partial charge in [0.1, 0.15) is 11.5 Å². The van der Waals surface area contributed by atoms with Crippen molar-refractivity contribution in [3.05, 3.63) is 42.2 Å². The smallest absolute Gasteiger partial charge is 0.153 e. The molecule has 0 aromatic heterocycles. The van der Waals surface area contributed by atoms with Gasteiger partial charge in [-0.3, -0.25) is 0 Å². The van der Waals surface area contributed by atoms with E-state index in [2.05, 4.69) is 15.0 Å². The monoisotopic (exact) mass is 224 g/mol. The maximum atomic E-state index is 5.85. The second-order valence-electron chi connectivity index (χ2n) is 3.98. The van der Waals surface area contributed by atoms with Crippen molar-refractivity contribution >= 4 is 5.82 Å². The molecule has 17 heavy (non-hydrogen) atoms. The predicted molar refractivity (Wildman–Crippen MR) is 67.6 cm³/mol. The molecule has 0 fully saturated rings. The van der Waals surface area contributed by atoms with E-state index >= 15 is 0 Å². The summed E-state index contributed by atoms with van der Waals surface area (Å²) in [7, 11) is 0. The summed E-state index contributed by atoms with van der Waals surface area (Å²) in [5.74, 6) is 1.26. The van der Waals surface area contributed by atoms with Gasteiger partial charge in [0.25, 0.3) is 0 Å². The normalized spacial score (nSPS) is 10.9. The summed E-state index contributed by atoms with van der Waals surface area (Å²) in [6.45, 7) is 1.88. The first-order chi connectivity index (χ1) is 8.24. The molecule has 1 aromatic rings.